The Kier molecular flexibility index (Phi) is 2.57. The zero-order valence-electron chi connectivity index (χ0n) is 9.74. The molecular formula is C11H12FN3O2. The van der Waals surface area contributed by atoms with Crippen molar-refractivity contribution in [1.82, 2.24) is 14.4 Å². The van der Waals surface area contributed by atoms with E-state index in [0.29, 0.717) is 5.56 Å². The SMILES string of the molecule is Cc1c(F)c(=O)[nH]c2nc(=O)c(C(C)C)cn12. The number of aromatic nitrogens is 3. The van der Waals surface area contributed by atoms with E-state index in [1.165, 1.54) is 17.5 Å². The van der Waals surface area contributed by atoms with Crippen LogP contribution < -0.4 is 11.1 Å². The first-order valence-corrected chi connectivity index (χ1v) is 5.23. The van der Waals surface area contributed by atoms with Crippen molar-refractivity contribution in [2.75, 3.05) is 0 Å². The third-order valence-electron chi connectivity index (χ3n) is 2.68. The first-order valence-electron chi connectivity index (χ1n) is 5.23. The number of nitrogens with one attached hydrogen (secondary N) is 1. The van der Waals surface area contributed by atoms with Crippen LogP contribution in [0.4, 0.5) is 4.39 Å². The normalized spacial score (nSPS) is 11.4. The van der Waals surface area contributed by atoms with Gasteiger partial charge < -0.3 is 0 Å². The highest BCUT2D eigenvalue weighted by atomic mass is 19.1. The maximum Gasteiger partial charge on any atom is 0.288 e. The van der Waals surface area contributed by atoms with Gasteiger partial charge in [0.25, 0.3) is 11.1 Å². The highest BCUT2D eigenvalue weighted by Gasteiger charge is 2.12. The van der Waals surface area contributed by atoms with Crippen LogP contribution >= 0.6 is 0 Å². The van der Waals surface area contributed by atoms with Crippen molar-refractivity contribution in [3.05, 3.63) is 44.0 Å². The van der Waals surface area contributed by atoms with E-state index in [2.05, 4.69) is 9.97 Å². The van der Waals surface area contributed by atoms with Crippen molar-refractivity contribution >= 4 is 5.78 Å². The molecule has 0 aromatic carbocycles. The predicted octanol–water partition coefficient (Wildman–Crippen LogP) is 0.954. The van der Waals surface area contributed by atoms with E-state index >= 15 is 0 Å². The van der Waals surface area contributed by atoms with Gasteiger partial charge in [-0.25, -0.2) is 0 Å². The number of hydrogen-bond donors (Lipinski definition) is 1. The van der Waals surface area contributed by atoms with Gasteiger partial charge in [0, 0.05) is 11.8 Å². The lowest BCUT2D eigenvalue weighted by molar-refractivity contribution is 0.583. The van der Waals surface area contributed by atoms with Gasteiger partial charge in [0.15, 0.2) is 0 Å². The third kappa shape index (κ3) is 1.75. The van der Waals surface area contributed by atoms with Crippen molar-refractivity contribution in [2.45, 2.75) is 26.7 Å². The highest BCUT2D eigenvalue weighted by Crippen LogP contribution is 2.10. The van der Waals surface area contributed by atoms with Crippen LogP contribution in [0.3, 0.4) is 0 Å². The smallest absolute Gasteiger partial charge is 0.288 e. The van der Waals surface area contributed by atoms with Gasteiger partial charge in [0.1, 0.15) is 0 Å². The summed E-state index contributed by atoms with van der Waals surface area (Å²) >= 11 is 0. The molecule has 2 aromatic heterocycles. The van der Waals surface area contributed by atoms with Crippen molar-refractivity contribution < 1.29 is 4.39 Å². The summed E-state index contributed by atoms with van der Waals surface area (Å²) in [5.74, 6) is -0.817. The fourth-order valence-corrected chi connectivity index (χ4v) is 1.64. The van der Waals surface area contributed by atoms with Crippen molar-refractivity contribution in [2.24, 2.45) is 0 Å². The highest BCUT2D eigenvalue weighted by molar-refractivity contribution is 5.32. The molecule has 0 aliphatic carbocycles. The van der Waals surface area contributed by atoms with Crippen LogP contribution in [0.15, 0.2) is 15.8 Å². The van der Waals surface area contributed by atoms with Crippen LogP contribution in [0.25, 0.3) is 5.78 Å². The van der Waals surface area contributed by atoms with Crippen LogP contribution in [0.5, 0.6) is 0 Å². The molecule has 0 aliphatic rings. The molecule has 2 heterocycles. The number of H-pyrrole nitrogens is 1. The molecule has 0 atom stereocenters. The Bertz CT molecular complexity index is 700. The second-order valence-electron chi connectivity index (χ2n) is 4.20. The molecule has 0 amide bonds. The van der Waals surface area contributed by atoms with Crippen LogP contribution in [-0.2, 0) is 0 Å². The molecule has 0 fully saturated rings. The van der Waals surface area contributed by atoms with Crippen molar-refractivity contribution in [3.63, 3.8) is 0 Å². The van der Waals surface area contributed by atoms with Crippen molar-refractivity contribution in [1.29, 1.82) is 0 Å². The van der Waals surface area contributed by atoms with E-state index in [1.54, 1.807) is 0 Å². The first kappa shape index (κ1) is 11.5. The summed E-state index contributed by atoms with van der Waals surface area (Å²) in [7, 11) is 0. The zero-order valence-corrected chi connectivity index (χ0v) is 9.74. The molecule has 1 N–H and O–H groups in total. The Morgan fingerprint density at radius 2 is 2.06 bits per heavy atom. The molecule has 6 heteroatoms. The molecular weight excluding hydrogens is 225 g/mol. The molecule has 0 aliphatic heterocycles. The average Bonchev–Trinajstić information content (AvgIpc) is 2.25. The number of fused-ring (bicyclic) bond motifs is 1. The van der Waals surface area contributed by atoms with Crippen LogP contribution in [0.1, 0.15) is 31.0 Å². The van der Waals surface area contributed by atoms with Crippen LogP contribution in [0, 0.1) is 12.7 Å². The summed E-state index contributed by atoms with van der Waals surface area (Å²) in [6.45, 7) is 5.16. The van der Waals surface area contributed by atoms with E-state index in [4.69, 9.17) is 0 Å². The van der Waals surface area contributed by atoms with Gasteiger partial charge in [-0.2, -0.15) is 9.37 Å². The largest absolute Gasteiger partial charge is 0.289 e. The Hall–Kier alpha value is -1.98. The minimum atomic E-state index is -0.869. The van der Waals surface area contributed by atoms with Gasteiger partial charge in [0.05, 0.1) is 5.69 Å². The van der Waals surface area contributed by atoms with Gasteiger partial charge in [-0.05, 0) is 12.8 Å². The Balaban J connectivity index is 2.95. The number of aromatic amines is 1. The quantitative estimate of drug-likeness (QED) is 0.803. The topological polar surface area (TPSA) is 67.2 Å². The molecule has 0 radical (unpaired) electrons. The number of rotatable bonds is 1. The summed E-state index contributed by atoms with van der Waals surface area (Å²) in [6, 6.07) is 0. The van der Waals surface area contributed by atoms with E-state index in [9.17, 15) is 14.0 Å². The molecule has 0 spiro atoms. The average molecular weight is 237 g/mol. The van der Waals surface area contributed by atoms with Gasteiger partial charge in [-0.3, -0.25) is 19.0 Å². The zero-order chi connectivity index (χ0) is 12.7. The number of hydrogen-bond acceptors (Lipinski definition) is 3. The molecule has 17 heavy (non-hydrogen) atoms. The number of nitrogens with zero attached hydrogens (tertiary/aromatic N) is 2. The molecule has 0 bridgehead atoms. The maximum absolute atomic E-state index is 13.4. The van der Waals surface area contributed by atoms with Gasteiger partial charge >= 0.3 is 0 Å². The van der Waals surface area contributed by atoms with Crippen molar-refractivity contribution in [3.8, 4) is 0 Å². The second kappa shape index (κ2) is 3.80. The van der Waals surface area contributed by atoms with E-state index < -0.39 is 16.9 Å². The predicted molar refractivity (Wildman–Crippen MR) is 60.9 cm³/mol. The van der Waals surface area contributed by atoms with E-state index in [0.717, 1.165) is 0 Å². The molecule has 2 rings (SSSR count). The number of aryl methyl sites for hydroxylation is 1. The van der Waals surface area contributed by atoms with Crippen LogP contribution in [0.2, 0.25) is 0 Å². The van der Waals surface area contributed by atoms with E-state index in [1.807, 2.05) is 13.8 Å². The fourth-order valence-electron chi connectivity index (χ4n) is 1.64. The summed E-state index contributed by atoms with van der Waals surface area (Å²) in [6.07, 6.45) is 1.52. The second-order valence-corrected chi connectivity index (χ2v) is 4.20. The minimum Gasteiger partial charge on any atom is -0.289 e. The Morgan fingerprint density at radius 1 is 1.41 bits per heavy atom. The summed E-state index contributed by atoms with van der Waals surface area (Å²) in [5.41, 5.74) is -0.649. The number of halogens is 1. The molecule has 2 aromatic rings. The molecule has 0 unspecified atom stereocenters. The third-order valence-corrected chi connectivity index (χ3v) is 2.68. The Morgan fingerprint density at radius 3 is 2.65 bits per heavy atom. The standard InChI is InChI=1S/C11H12FN3O2/c1-5(2)7-4-15-6(3)8(12)10(17)14-11(15)13-9(7)16/h4-5H,1-3H3,(H,13,14,16,17). The molecule has 0 saturated heterocycles. The molecule has 5 nitrogen and oxygen atoms in total. The first-order chi connectivity index (χ1) is 7.91. The Labute approximate surface area is 95.9 Å². The van der Waals surface area contributed by atoms with Gasteiger partial charge in [-0.15, -0.1) is 0 Å². The summed E-state index contributed by atoms with van der Waals surface area (Å²) in [4.78, 5) is 28.8. The van der Waals surface area contributed by atoms with Gasteiger partial charge in [0.2, 0.25) is 11.6 Å². The van der Waals surface area contributed by atoms with E-state index in [-0.39, 0.29) is 17.4 Å². The lowest BCUT2D eigenvalue weighted by atomic mass is 10.1. The van der Waals surface area contributed by atoms with Crippen LogP contribution in [-0.4, -0.2) is 14.4 Å². The summed E-state index contributed by atoms with van der Waals surface area (Å²) in [5, 5.41) is 0. The lowest BCUT2D eigenvalue weighted by Crippen LogP contribution is -2.23. The lowest BCUT2D eigenvalue weighted by Gasteiger charge is -2.09. The molecule has 90 valence electrons. The minimum absolute atomic E-state index is 0.0127. The maximum atomic E-state index is 13.4. The summed E-state index contributed by atoms with van der Waals surface area (Å²) < 4.78 is 14.8. The van der Waals surface area contributed by atoms with Gasteiger partial charge in [-0.1, -0.05) is 13.8 Å². The molecule has 0 saturated carbocycles. The fraction of sp³-hybridized carbons (Fsp3) is 0.364. The monoisotopic (exact) mass is 237 g/mol.